The molecule has 23 heavy (non-hydrogen) atoms. The normalized spacial score (nSPS) is 12.1. The van der Waals surface area contributed by atoms with E-state index in [1.807, 2.05) is 12.1 Å². The Balaban J connectivity index is 2.31. The summed E-state index contributed by atoms with van der Waals surface area (Å²) in [7, 11) is 3.20. The van der Waals surface area contributed by atoms with Crippen molar-refractivity contribution in [2.45, 2.75) is 26.2 Å². The lowest BCUT2D eigenvalue weighted by molar-refractivity contribution is 0.354. The first-order valence-corrected chi connectivity index (χ1v) is 8.05. The van der Waals surface area contributed by atoms with Crippen molar-refractivity contribution in [3.63, 3.8) is 0 Å². The Morgan fingerprint density at radius 2 is 1.78 bits per heavy atom. The van der Waals surface area contributed by atoms with Gasteiger partial charge in [-0.05, 0) is 61.2 Å². The molecule has 0 aliphatic carbocycles. The second-order valence-corrected chi connectivity index (χ2v) is 6.20. The Kier molecular flexibility index (Phi) is 5.91. The van der Waals surface area contributed by atoms with E-state index in [0.29, 0.717) is 23.1 Å². The summed E-state index contributed by atoms with van der Waals surface area (Å²) in [5.41, 5.74) is 10.9. The topological polar surface area (TPSA) is 44.5 Å². The zero-order valence-electron chi connectivity index (χ0n) is 14.2. The van der Waals surface area contributed by atoms with Crippen molar-refractivity contribution in [1.29, 1.82) is 0 Å². The van der Waals surface area contributed by atoms with E-state index in [2.05, 4.69) is 32.0 Å². The van der Waals surface area contributed by atoms with Gasteiger partial charge in [0.15, 0.2) is 11.5 Å². The van der Waals surface area contributed by atoms with Crippen molar-refractivity contribution >= 4 is 11.6 Å². The summed E-state index contributed by atoms with van der Waals surface area (Å²) in [4.78, 5) is 0. The predicted molar refractivity (Wildman–Crippen MR) is 96.0 cm³/mol. The van der Waals surface area contributed by atoms with E-state index in [9.17, 15) is 0 Å². The molecule has 2 aromatic rings. The average Bonchev–Trinajstić information content (AvgIpc) is 2.54. The van der Waals surface area contributed by atoms with Crippen molar-refractivity contribution in [2.24, 2.45) is 5.73 Å². The molecule has 0 aliphatic heterocycles. The van der Waals surface area contributed by atoms with Gasteiger partial charge in [0.05, 0.1) is 19.2 Å². The lowest BCUT2D eigenvalue weighted by atomic mass is 9.90. The highest BCUT2D eigenvalue weighted by atomic mass is 35.5. The molecular weight excluding hydrogens is 310 g/mol. The quantitative estimate of drug-likeness (QED) is 0.859. The molecule has 2 aromatic carbocycles. The summed E-state index contributed by atoms with van der Waals surface area (Å²) in [6.07, 6.45) is 0.805. The van der Waals surface area contributed by atoms with E-state index in [1.54, 1.807) is 14.2 Å². The molecule has 4 heteroatoms. The summed E-state index contributed by atoms with van der Waals surface area (Å²) in [6.45, 7) is 4.82. The van der Waals surface area contributed by atoms with Gasteiger partial charge in [0.1, 0.15) is 0 Å². The Hall–Kier alpha value is -1.71. The SMILES string of the molecule is COc1cc(CC(CN)c2ccc(C)c(C)c2)cc(Cl)c1OC. The number of hydrogen-bond donors (Lipinski definition) is 1. The third-order valence-electron chi connectivity index (χ3n) is 4.26. The molecule has 0 spiro atoms. The molecular formula is C19H24ClNO2. The fourth-order valence-corrected chi connectivity index (χ4v) is 3.04. The highest BCUT2D eigenvalue weighted by Crippen LogP contribution is 2.37. The molecule has 0 radical (unpaired) electrons. The van der Waals surface area contributed by atoms with Crippen molar-refractivity contribution < 1.29 is 9.47 Å². The second-order valence-electron chi connectivity index (χ2n) is 5.79. The van der Waals surface area contributed by atoms with Crippen LogP contribution in [0.3, 0.4) is 0 Å². The zero-order valence-corrected chi connectivity index (χ0v) is 14.9. The van der Waals surface area contributed by atoms with Crippen LogP contribution in [0.25, 0.3) is 0 Å². The Labute approximate surface area is 143 Å². The van der Waals surface area contributed by atoms with Crippen molar-refractivity contribution in [3.8, 4) is 11.5 Å². The van der Waals surface area contributed by atoms with Crippen LogP contribution in [0.15, 0.2) is 30.3 Å². The van der Waals surface area contributed by atoms with Gasteiger partial charge >= 0.3 is 0 Å². The molecule has 1 atom stereocenters. The van der Waals surface area contributed by atoms with Crippen molar-refractivity contribution in [1.82, 2.24) is 0 Å². The molecule has 0 aromatic heterocycles. The Morgan fingerprint density at radius 1 is 1.04 bits per heavy atom. The standard InChI is InChI=1S/C19H24ClNO2/c1-12-5-6-15(7-13(12)2)16(11-21)8-14-9-17(20)19(23-4)18(10-14)22-3/h5-7,9-10,16H,8,11,21H2,1-4H3. The van der Waals surface area contributed by atoms with E-state index in [-0.39, 0.29) is 5.92 Å². The number of hydrogen-bond acceptors (Lipinski definition) is 3. The number of ether oxygens (including phenoxy) is 2. The highest BCUT2D eigenvalue weighted by Gasteiger charge is 2.16. The van der Waals surface area contributed by atoms with Crippen LogP contribution in [0.1, 0.15) is 28.2 Å². The molecule has 0 bridgehead atoms. The van der Waals surface area contributed by atoms with E-state index < -0.39 is 0 Å². The van der Waals surface area contributed by atoms with Gasteiger partial charge < -0.3 is 15.2 Å². The van der Waals surface area contributed by atoms with Crippen LogP contribution in [0, 0.1) is 13.8 Å². The van der Waals surface area contributed by atoms with Crippen molar-refractivity contribution in [2.75, 3.05) is 20.8 Å². The summed E-state index contributed by atoms with van der Waals surface area (Å²) in [5.74, 6) is 1.45. The Morgan fingerprint density at radius 3 is 2.35 bits per heavy atom. The maximum atomic E-state index is 6.30. The summed E-state index contributed by atoms with van der Waals surface area (Å²) in [5, 5.41) is 0.553. The van der Waals surface area contributed by atoms with Gasteiger partial charge in [0, 0.05) is 5.92 Å². The van der Waals surface area contributed by atoms with E-state index in [0.717, 1.165) is 12.0 Å². The van der Waals surface area contributed by atoms with E-state index in [1.165, 1.54) is 16.7 Å². The summed E-state index contributed by atoms with van der Waals surface area (Å²) < 4.78 is 10.7. The molecule has 0 aliphatic rings. The van der Waals surface area contributed by atoms with Crippen LogP contribution in [0.4, 0.5) is 0 Å². The maximum absolute atomic E-state index is 6.30. The third kappa shape index (κ3) is 3.98. The molecule has 0 saturated heterocycles. The smallest absolute Gasteiger partial charge is 0.179 e. The van der Waals surface area contributed by atoms with Crippen LogP contribution in [-0.4, -0.2) is 20.8 Å². The third-order valence-corrected chi connectivity index (χ3v) is 4.54. The van der Waals surface area contributed by atoms with Crippen LogP contribution >= 0.6 is 11.6 Å². The number of benzene rings is 2. The fraction of sp³-hybridized carbons (Fsp3) is 0.368. The van der Waals surface area contributed by atoms with Gasteiger partial charge in [-0.25, -0.2) is 0 Å². The molecule has 0 amide bonds. The number of methoxy groups -OCH3 is 2. The second kappa shape index (κ2) is 7.71. The molecule has 3 nitrogen and oxygen atoms in total. The minimum atomic E-state index is 0.239. The first kappa shape index (κ1) is 17.6. The van der Waals surface area contributed by atoms with Crippen LogP contribution in [-0.2, 0) is 6.42 Å². The lowest BCUT2D eigenvalue weighted by Gasteiger charge is -2.18. The minimum Gasteiger partial charge on any atom is -0.493 e. The summed E-state index contributed by atoms with van der Waals surface area (Å²) in [6, 6.07) is 10.4. The first-order valence-electron chi connectivity index (χ1n) is 7.67. The number of aryl methyl sites for hydroxylation is 2. The molecule has 0 heterocycles. The van der Waals surface area contributed by atoms with Crippen LogP contribution < -0.4 is 15.2 Å². The monoisotopic (exact) mass is 333 g/mol. The fourth-order valence-electron chi connectivity index (χ4n) is 2.73. The minimum absolute atomic E-state index is 0.239. The number of rotatable bonds is 6. The van der Waals surface area contributed by atoms with E-state index >= 15 is 0 Å². The molecule has 0 fully saturated rings. The van der Waals surface area contributed by atoms with E-state index in [4.69, 9.17) is 26.8 Å². The van der Waals surface area contributed by atoms with Gasteiger partial charge in [-0.3, -0.25) is 0 Å². The van der Waals surface area contributed by atoms with Gasteiger partial charge in [0.2, 0.25) is 0 Å². The van der Waals surface area contributed by atoms with Crippen LogP contribution in [0.5, 0.6) is 11.5 Å². The summed E-state index contributed by atoms with van der Waals surface area (Å²) >= 11 is 6.30. The Bertz CT molecular complexity index is 685. The molecule has 2 N–H and O–H groups in total. The number of halogens is 1. The molecule has 1 unspecified atom stereocenters. The molecule has 124 valence electrons. The highest BCUT2D eigenvalue weighted by molar-refractivity contribution is 6.32. The number of nitrogens with two attached hydrogens (primary N) is 1. The largest absolute Gasteiger partial charge is 0.493 e. The van der Waals surface area contributed by atoms with Gasteiger partial charge in [-0.2, -0.15) is 0 Å². The zero-order chi connectivity index (χ0) is 17.0. The molecule has 0 saturated carbocycles. The van der Waals surface area contributed by atoms with Gasteiger partial charge in [-0.1, -0.05) is 29.8 Å². The van der Waals surface area contributed by atoms with Gasteiger partial charge in [-0.15, -0.1) is 0 Å². The van der Waals surface area contributed by atoms with Crippen molar-refractivity contribution in [3.05, 3.63) is 57.6 Å². The molecule has 2 rings (SSSR count). The van der Waals surface area contributed by atoms with Gasteiger partial charge in [0.25, 0.3) is 0 Å². The maximum Gasteiger partial charge on any atom is 0.179 e. The lowest BCUT2D eigenvalue weighted by Crippen LogP contribution is -2.15. The van der Waals surface area contributed by atoms with Crippen LogP contribution in [0.2, 0.25) is 5.02 Å². The average molecular weight is 334 g/mol. The first-order chi connectivity index (χ1) is 11.0. The predicted octanol–water partition coefficient (Wildman–Crippen LogP) is 4.26.